The quantitative estimate of drug-likeness (QED) is 0.873. The van der Waals surface area contributed by atoms with E-state index < -0.39 is 0 Å². The minimum Gasteiger partial charge on any atom is -0.360 e. The molecule has 2 N–H and O–H groups in total. The smallest absolute Gasteiger partial charge is 0.150 e. The van der Waals surface area contributed by atoms with Gasteiger partial charge in [-0.1, -0.05) is 12.1 Å². The molecule has 1 fully saturated rings. The van der Waals surface area contributed by atoms with Gasteiger partial charge in [-0.2, -0.15) is 0 Å². The third-order valence-electron chi connectivity index (χ3n) is 3.80. The van der Waals surface area contributed by atoms with E-state index in [-0.39, 0.29) is 0 Å². The van der Waals surface area contributed by atoms with Crippen LogP contribution >= 0.6 is 0 Å². The Morgan fingerprint density at radius 3 is 2.67 bits per heavy atom. The Morgan fingerprint density at radius 2 is 2.11 bits per heavy atom. The lowest BCUT2D eigenvalue weighted by molar-refractivity contribution is 0.129. The molecule has 0 saturated heterocycles. The maximum absolute atomic E-state index is 5.98. The number of nitrogens with zero attached hydrogens (tertiary/aromatic N) is 2. The molecule has 4 nitrogen and oxygen atoms in total. The van der Waals surface area contributed by atoms with Crippen LogP contribution in [0.15, 0.2) is 10.6 Å². The van der Waals surface area contributed by atoms with Gasteiger partial charge in [0.15, 0.2) is 5.76 Å². The molecule has 0 unspecified atom stereocenters. The molecule has 0 aromatic carbocycles. The summed E-state index contributed by atoms with van der Waals surface area (Å²) in [5.41, 5.74) is 6.94. The Labute approximate surface area is 110 Å². The number of hydrogen-bond donors (Lipinski definition) is 1. The van der Waals surface area contributed by atoms with Crippen molar-refractivity contribution in [3.63, 3.8) is 0 Å². The van der Waals surface area contributed by atoms with Crippen molar-refractivity contribution in [2.45, 2.75) is 64.6 Å². The summed E-state index contributed by atoms with van der Waals surface area (Å²) < 4.78 is 5.34. The highest BCUT2D eigenvalue weighted by Crippen LogP contribution is 2.24. The zero-order valence-corrected chi connectivity index (χ0v) is 11.6. The van der Waals surface area contributed by atoms with Crippen molar-refractivity contribution in [2.24, 2.45) is 5.73 Å². The SMILES string of the molecule is CCCN(Cc1cc(C)no1)C1CCC(N)CC1. The highest BCUT2D eigenvalue weighted by Gasteiger charge is 2.24. The predicted molar refractivity (Wildman–Crippen MR) is 72.2 cm³/mol. The molecule has 0 radical (unpaired) electrons. The number of hydrogen-bond acceptors (Lipinski definition) is 4. The van der Waals surface area contributed by atoms with E-state index in [9.17, 15) is 0 Å². The number of rotatable bonds is 5. The summed E-state index contributed by atoms with van der Waals surface area (Å²) in [6.45, 7) is 6.21. The van der Waals surface area contributed by atoms with E-state index in [0.29, 0.717) is 12.1 Å². The predicted octanol–water partition coefficient (Wildman–Crippen LogP) is 2.46. The van der Waals surface area contributed by atoms with Gasteiger partial charge in [0.2, 0.25) is 0 Å². The fourth-order valence-corrected chi connectivity index (χ4v) is 2.84. The summed E-state index contributed by atoms with van der Waals surface area (Å²) >= 11 is 0. The Morgan fingerprint density at radius 1 is 1.39 bits per heavy atom. The lowest BCUT2D eigenvalue weighted by atomic mass is 9.90. The fraction of sp³-hybridized carbons (Fsp3) is 0.786. The van der Waals surface area contributed by atoms with Crippen molar-refractivity contribution < 1.29 is 4.52 Å². The third-order valence-corrected chi connectivity index (χ3v) is 3.80. The van der Waals surface area contributed by atoms with Gasteiger partial charge in [0, 0.05) is 18.2 Å². The number of aromatic nitrogens is 1. The van der Waals surface area contributed by atoms with Crippen LogP contribution in [-0.2, 0) is 6.54 Å². The van der Waals surface area contributed by atoms with Gasteiger partial charge in [-0.3, -0.25) is 4.90 Å². The van der Waals surface area contributed by atoms with E-state index in [4.69, 9.17) is 10.3 Å². The molecule has 0 amide bonds. The Bertz CT molecular complexity index is 356. The van der Waals surface area contributed by atoms with Crippen LogP contribution in [0.2, 0.25) is 0 Å². The number of aryl methyl sites for hydroxylation is 1. The summed E-state index contributed by atoms with van der Waals surface area (Å²) in [5.74, 6) is 0.982. The minimum absolute atomic E-state index is 0.414. The molecule has 0 aliphatic heterocycles. The lowest BCUT2D eigenvalue weighted by Gasteiger charge is -2.35. The molecule has 0 spiro atoms. The van der Waals surface area contributed by atoms with Gasteiger partial charge in [-0.25, -0.2) is 0 Å². The summed E-state index contributed by atoms with van der Waals surface area (Å²) in [5, 5.41) is 3.97. The normalized spacial score (nSPS) is 24.7. The first-order chi connectivity index (χ1) is 8.69. The molecule has 1 aromatic heterocycles. The minimum atomic E-state index is 0.414. The molecule has 1 aliphatic carbocycles. The van der Waals surface area contributed by atoms with Crippen LogP contribution in [0.5, 0.6) is 0 Å². The van der Waals surface area contributed by atoms with Crippen LogP contribution in [0.25, 0.3) is 0 Å². The van der Waals surface area contributed by atoms with E-state index in [1.165, 1.54) is 19.3 Å². The van der Waals surface area contributed by atoms with E-state index >= 15 is 0 Å². The zero-order chi connectivity index (χ0) is 13.0. The Kier molecular flexibility index (Phi) is 4.78. The molecule has 18 heavy (non-hydrogen) atoms. The molecule has 0 bridgehead atoms. The van der Waals surface area contributed by atoms with Gasteiger partial charge in [0.25, 0.3) is 0 Å². The molecule has 1 heterocycles. The van der Waals surface area contributed by atoms with Crippen LogP contribution in [0.4, 0.5) is 0 Å². The van der Waals surface area contributed by atoms with Crippen LogP contribution in [0.1, 0.15) is 50.5 Å². The van der Waals surface area contributed by atoms with Crippen LogP contribution in [-0.4, -0.2) is 28.7 Å². The monoisotopic (exact) mass is 251 g/mol. The van der Waals surface area contributed by atoms with Crippen molar-refractivity contribution >= 4 is 0 Å². The van der Waals surface area contributed by atoms with Gasteiger partial charge >= 0.3 is 0 Å². The summed E-state index contributed by atoms with van der Waals surface area (Å²) in [6.07, 6.45) is 5.92. The van der Waals surface area contributed by atoms with E-state index in [1.54, 1.807) is 0 Å². The van der Waals surface area contributed by atoms with Gasteiger partial charge < -0.3 is 10.3 Å². The van der Waals surface area contributed by atoms with E-state index in [0.717, 1.165) is 37.4 Å². The van der Waals surface area contributed by atoms with Gasteiger partial charge in [-0.15, -0.1) is 0 Å². The molecular weight excluding hydrogens is 226 g/mol. The summed E-state index contributed by atoms with van der Waals surface area (Å²) in [6, 6.07) is 3.12. The Hall–Kier alpha value is -0.870. The van der Waals surface area contributed by atoms with Crippen LogP contribution < -0.4 is 5.73 Å². The molecule has 102 valence electrons. The van der Waals surface area contributed by atoms with Crippen molar-refractivity contribution in [2.75, 3.05) is 6.54 Å². The number of nitrogens with two attached hydrogens (primary N) is 1. The van der Waals surface area contributed by atoms with E-state index in [2.05, 4.69) is 17.0 Å². The molecule has 1 aliphatic rings. The topological polar surface area (TPSA) is 55.3 Å². The second kappa shape index (κ2) is 6.34. The first kappa shape index (κ1) is 13.6. The van der Waals surface area contributed by atoms with Crippen molar-refractivity contribution in [1.29, 1.82) is 0 Å². The van der Waals surface area contributed by atoms with Crippen molar-refractivity contribution in [1.82, 2.24) is 10.1 Å². The highest BCUT2D eigenvalue weighted by atomic mass is 16.5. The van der Waals surface area contributed by atoms with Gasteiger partial charge in [0.05, 0.1) is 12.2 Å². The molecule has 1 aromatic rings. The maximum atomic E-state index is 5.98. The third kappa shape index (κ3) is 3.56. The summed E-state index contributed by atoms with van der Waals surface area (Å²) in [4.78, 5) is 2.53. The Balaban J connectivity index is 1.94. The highest BCUT2D eigenvalue weighted by molar-refractivity contribution is 5.03. The first-order valence-corrected chi connectivity index (χ1v) is 7.11. The molecular formula is C14H25N3O. The van der Waals surface area contributed by atoms with Crippen LogP contribution in [0.3, 0.4) is 0 Å². The second-order valence-electron chi connectivity index (χ2n) is 5.47. The average Bonchev–Trinajstić information content (AvgIpc) is 2.75. The van der Waals surface area contributed by atoms with Gasteiger partial charge in [0.1, 0.15) is 0 Å². The maximum Gasteiger partial charge on any atom is 0.150 e. The first-order valence-electron chi connectivity index (χ1n) is 7.11. The molecule has 1 saturated carbocycles. The van der Waals surface area contributed by atoms with Crippen LogP contribution in [0, 0.1) is 6.92 Å². The average molecular weight is 251 g/mol. The van der Waals surface area contributed by atoms with Crippen molar-refractivity contribution in [3.8, 4) is 0 Å². The molecule has 4 heteroatoms. The molecule has 0 atom stereocenters. The fourth-order valence-electron chi connectivity index (χ4n) is 2.84. The second-order valence-corrected chi connectivity index (χ2v) is 5.47. The zero-order valence-electron chi connectivity index (χ0n) is 11.6. The van der Waals surface area contributed by atoms with Crippen molar-refractivity contribution in [3.05, 3.63) is 17.5 Å². The summed E-state index contributed by atoms with van der Waals surface area (Å²) in [7, 11) is 0. The van der Waals surface area contributed by atoms with E-state index in [1.807, 2.05) is 13.0 Å². The largest absolute Gasteiger partial charge is 0.360 e. The standard InChI is InChI=1S/C14H25N3O/c1-3-8-17(10-14-9-11(2)16-18-14)13-6-4-12(15)5-7-13/h9,12-13H,3-8,10,15H2,1-2H3. The van der Waals surface area contributed by atoms with Gasteiger partial charge in [-0.05, 0) is 45.6 Å². The lowest BCUT2D eigenvalue weighted by Crippen LogP contribution is -2.40. The molecule has 2 rings (SSSR count).